The summed E-state index contributed by atoms with van der Waals surface area (Å²) in [5.74, 6) is 0.247. The SMILES string of the molecule is CN(C)CCn1cc(-c2cnc3[nH]cc(-c4cc(CCCCO)nc(N)n4)c3c2)cn1. The number of aromatic nitrogens is 6. The number of H-pyrrole nitrogens is 1. The molecule has 4 aromatic heterocycles. The molecule has 0 unspecified atom stereocenters. The number of aryl methyl sites for hydroxylation is 1. The van der Waals surface area contributed by atoms with Crippen LogP contribution in [0.2, 0.25) is 0 Å². The zero-order valence-electron chi connectivity index (χ0n) is 17.9. The van der Waals surface area contributed by atoms with E-state index in [-0.39, 0.29) is 12.6 Å². The van der Waals surface area contributed by atoms with E-state index in [0.29, 0.717) is 0 Å². The number of hydrogen-bond donors (Lipinski definition) is 3. The lowest BCUT2D eigenvalue weighted by Gasteiger charge is -2.08. The Hall–Kier alpha value is -3.30. The first-order chi connectivity index (χ1) is 15.0. The van der Waals surface area contributed by atoms with Crippen molar-refractivity contribution in [1.29, 1.82) is 0 Å². The second-order valence-electron chi connectivity index (χ2n) is 7.90. The fourth-order valence-corrected chi connectivity index (χ4v) is 3.51. The molecule has 0 saturated carbocycles. The number of rotatable bonds is 9. The van der Waals surface area contributed by atoms with Gasteiger partial charge in [-0.25, -0.2) is 15.0 Å². The van der Waals surface area contributed by atoms with Gasteiger partial charge in [0.05, 0.1) is 18.4 Å². The van der Waals surface area contributed by atoms with Crippen molar-refractivity contribution >= 4 is 17.0 Å². The number of aliphatic hydroxyl groups is 1. The zero-order valence-corrected chi connectivity index (χ0v) is 17.9. The molecule has 0 aromatic carbocycles. The molecule has 0 aliphatic carbocycles. The lowest BCUT2D eigenvalue weighted by Crippen LogP contribution is -2.18. The number of anilines is 1. The van der Waals surface area contributed by atoms with E-state index in [4.69, 9.17) is 10.8 Å². The molecule has 162 valence electrons. The molecular formula is C22H28N8O. The summed E-state index contributed by atoms with van der Waals surface area (Å²) in [4.78, 5) is 18.7. The van der Waals surface area contributed by atoms with Gasteiger partial charge in [0.2, 0.25) is 5.95 Å². The van der Waals surface area contributed by atoms with E-state index in [9.17, 15) is 0 Å². The first-order valence-electron chi connectivity index (χ1n) is 10.4. The highest BCUT2D eigenvalue weighted by atomic mass is 16.2. The van der Waals surface area contributed by atoms with Crippen molar-refractivity contribution in [2.75, 3.05) is 33.0 Å². The first kappa shape index (κ1) is 21.0. The Balaban J connectivity index is 1.65. The van der Waals surface area contributed by atoms with Gasteiger partial charge in [-0.3, -0.25) is 4.68 Å². The molecule has 4 heterocycles. The molecule has 0 aliphatic rings. The van der Waals surface area contributed by atoms with E-state index in [1.807, 2.05) is 49.6 Å². The number of unbranched alkanes of at least 4 members (excludes halogenated alkanes) is 1. The highest BCUT2D eigenvalue weighted by molar-refractivity contribution is 5.95. The van der Waals surface area contributed by atoms with Crippen molar-refractivity contribution in [2.45, 2.75) is 25.8 Å². The fourth-order valence-electron chi connectivity index (χ4n) is 3.51. The number of aromatic amines is 1. The van der Waals surface area contributed by atoms with E-state index in [2.05, 4.69) is 36.0 Å². The monoisotopic (exact) mass is 420 g/mol. The molecule has 0 aliphatic heterocycles. The van der Waals surface area contributed by atoms with Crippen molar-refractivity contribution in [3.05, 3.63) is 42.6 Å². The molecule has 9 heteroatoms. The standard InChI is InChI=1S/C22H28N8O/c1-29(2)6-7-30-14-16(12-26-30)15-9-18-19(13-25-21(18)24-11-15)20-10-17(5-3-4-8-31)27-22(23)28-20/h9-14,31H,3-8H2,1-2H3,(H,24,25)(H2,23,27,28). The molecule has 9 nitrogen and oxygen atoms in total. The summed E-state index contributed by atoms with van der Waals surface area (Å²) in [6, 6.07) is 4.06. The zero-order chi connectivity index (χ0) is 21.8. The average Bonchev–Trinajstić information content (AvgIpc) is 3.39. The Kier molecular flexibility index (Phi) is 6.24. The van der Waals surface area contributed by atoms with Gasteiger partial charge in [-0.1, -0.05) is 0 Å². The lowest BCUT2D eigenvalue weighted by atomic mass is 10.1. The van der Waals surface area contributed by atoms with Crippen molar-refractivity contribution < 1.29 is 5.11 Å². The Labute approximate surface area is 181 Å². The molecule has 0 radical (unpaired) electrons. The lowest BCUT2D eigenvalue weighted by molar-refractivity contribution is 0.284. The fraction of sp³-hybridized carbons (Fsp3) is 0.364. The maximum Gasteiger partial charge on any atom is 0.220 e. The number of pyridine rings is 1. The normalized spacial score (nSPS) is 11.6. The molecule has 4 rings (SSSR count). The number of aliphatic hydroxyl groups excluding tert-OH is 1. The minimum absolute atomic E-state index is 0.177. The predicted molar refractivity (Wildman–Crippen MR) is 121 cm³/mol. The van der Waals surface area contributed by atoms with Crippen LogP contribution in [0.1, 0.15) is 18.5 Å². The summed E-state index contributed by atoms with van der Waals surface area (Å²) in [6.45, 7) is 1.93. The molecule has 0 saturated heterocycles. The third kappa shape index (κ3) is 4.89. The first-order valence-corrected chi connectivity index (χ1v) is 10.4. The molecule has 0 bridgehead atoms. The highest BCUT2D eigenvalue weighted by Gasteiger charge is 2.13. The minimum Gasteiger partial charge on any atom is -0.396 e. The Morgan fingerprint density at radius 2 is 2.00 bits per heavy atom. The molecule has 0 atom stereocenters. The van der Waals surface area contributed by atoms with Gasteiger partial charge in [0.15, 0.2) is 0 Å². The quantitative estimate of drug-likeness (QED) is 0.355. The van der Waals surface area contributed by atoms with Crippen molar-refractivity contribution in [1.82, 2.24) is 34.6 Å². The second-order valence-corrected chi connectivity index (χ2v) is 7.90. The van der Waals surface area contributed by atoms with E-state index < -0.39 is 0 Å². The van der Waals surface area contributed by atoms with Crippen molar-refractivity contribution in [3.63, 3.8) is 0 Å². The predicted octanol–water partition coefficient (Wildman–Crippen LogP) is 2.34. The van der Waals surface area contributed by atoms with E-state index in [0.717, 1.165) is 71.5 Å². The third-order valence-electron chi connectivity index (χ3n) is 5.19. The summed E-state index contributed by atoms with van der Waals surface area (Å²) >= 11 is 0. The van der Waals surface area contributed by atoms with Crippen LogP contribution < -0.4 is 5.73 Å². The van der Waals surface area contributed by atoms with Crippen LogP contribution in [0.4, 0.5) is 5.95 Å². The van der Waals surface area contributed by atoms with Gasteiger partial charge in [0.25, 0.3) is 0 Å². The van der Waals surface area contributed by atoms with Gasteiger partial charge in [0.1, 0.15) is 5.65 Å². The van der Waals surface area contributed by atoms with Crippen LogP contribution in [-0.4, -0.2) is 67.0 Å². The number of fused-ring (bicyclic) bond motifs is 1. The summed E-state index contributed by atoms with van der Waals surface area (Å²) in [7, 11) is 4.10. The van der Waals surface area contributed by atoms with Crippen LogP contribution in [-0.2, 0) is 13.0 Å². The second kappa shape index (κ2) is 9.23. The maximum absolute atomic E-state index is 9.02. The van der Waals surface area contributed by atoms with Crippen LogP contribution in [0.15, 0.2) is 36.9 Å². The Bertz CT molecular complexity index is 1160. The minimum atomic E-state index is 0.177. The maximum atomic E-state index is 9.02. The van der Waals surface area contributed by atoms with E-state index in [1.165, 1.54) is 0 Å². The molecule has 0 amide bonds. The molecule has 0 spiro atoms. The van der Waals surface area contributed by atoms with Crippen LogP contribution in [0, 0.1) is 0 Å². The molecule has 4 N–H and O–H groups in total. The third-order valence-corrected chi connectivity index (χ3v) is 5.19. The summed E-state index contributed by atoms with van der Waals surface area (Å²) in [5.41, 5.74) is 11.3. The Morgan fingerprint density at radius 1 is 1.13 bits per heavy atom. The van der Waals surface area contributed by atoms with Gasteiger partial charge < -0.3 is 20.7 Å². The van der Waals surface area contributed by atoms with Gasteiger partial charge in [-0.05, 0) is 45.5 Å². The van der Waals surface area contributed by atoms with Crippen molar-refractivity contribution in [3.8, 4) is 22.4 Å². The largest absolute Gasteiger partial charge is 0.396 e. The van der Waals surface area contributed by atoms with Gasteiger partial charge >= 0.3 is 0 Å². The number of nitrogen functional groups attached to an aromatic ring is 1. The topological polar surface area (TPSA) is 122 Å². The number of nitrogens with zero attached hydrogens (tertiary/aromatic N) is 6. The number of nitrogens with one attached hydrogen (secondary N) is 1. The number of nitrogens with two attached hydrogens (primary N) is 1. The summed E-state index contributed by atoms with van der Waals surface area (Å²) in [6.07, 6.45) is 10.0. The molecule has 0 fully saturated rings. The van der Waals surface area contributed by atoms with Gasteiger partial charge in [-0.2, -0.15) is 5.10 Å². The van der Waals surface area contributed by atoms with Crippen LogP contribution in [0.3, 0.4) is 0 Å². The van der Waals surface area contributed by atoms with Crippen molar-refractivity contribution in [2.24, 2.45) is 0 Å². The summed E-state index contributed by atoms with van der Waals surface area (Å²) < 4.78 is 1.95. The number of hydrogen-bond acceptors (Lipinski definition) is 7. The van der Waals surface area contributed by atoms with Crippen LogP contribution in [0.5, 0.6) is 0 Å². The van der Waals surface area contributed by atoms with E-state index in [1.54, 1.807) is 0 Å². The number of likely N-dealkylation sites (N-methyl/N-ethyl adjacent to an activating group) is 1. The van der Waals surface area contributed by atoms with Gasteiger partial charge in [0, 0.05) is 59.5 Å². The average molecular weight is 421 g/mol. The smallest absolute Gasteiger partial charge is 0.220 e. The molecule has 31 heavy (non-hydrogen) atoms. The molecular weight excluding hydrogens is 392 g/mol. The van der Waals surface area contributed by atoms with Crippen LogP contribution in [0.25, 0.3) is 33.4 Å². The molecule has 4 aromatic rings. The van der Waals surface area contributed by atoms with E-state index >= 15 is 0 Å². The summed E-state index contributed by atoms with van der Waals surface area (Å²) in [5, 5.41) is 14.5. The highest BCUT2D eigenvalue weighted by Crippen LogP contribution is 2.30. The van der Waals surface area contributed by atoms with Gasteiger partial charge in [-0.15, -0.1) is 0 Å². The van der Waals surface area contributed by atoms with Crippen LogP contribution >= 0.6 is 0 Å². The Morgan fingerprint density at radius 3 is 2.81 bits per heavy atom.